The fourth-order valence-corrected chi connectivity index (χ4v) is 3.29. The molecule has 2 saturated heterocycles. The number of urea groups is 1. The van der Waals surface area contributed by atoms with Gasteiger partial charge in [0, 0.05) is 32.7 Å². The van der Waals surface area contributed by atoms with Gasteiger partial charge in [-0.1, -0.05) is 0 Å². The monoisotopic (exact) mass is 291 g/mol. The molecule has 2 amide bonds. The third kappa shape index (κ3) is 3.21. The van der Waals surface area contributed by atoms with Crippen LogP contribution in [0, 0.1) is 11.8 Å². The molecule has 0 spiro atoms. The van der Waals surface area contributed by atoms with Crippen molar-refractivity contribution in [3.8, 4) is 11.5 Å². The summed E-state index contributed by atoms with van der Waals surface area (Å²) in [5.74, 6) is 2.11. The molecule has 0 aromatic heterocycles. The van der Waals surface area contributed by atoms with E-state index in [1.807, 2.05) is 0 Å². The number of phenols is 1. The maximum absolute atomic E-state index is 11.2. The summed E-state index contributed by atoms with van der Waals surface area (Å²) in [4.78, 5) is 15.3. The number of likely N-dealkylation sites (tertiary alicyclic amines) is 2. The molecule has 3 rings (SSSR count). The molecule has 2 heterocycles. The van der Waals surface area contributed by atoms with Crippen molar-refractivity contribution in [1.82, 2.24) is 9.80 Å². The van der Waals surface area contributed by atoms with Crippen LogP contribution in [0.3, 0.4) is 0 Å². The number of carbonyl (C=O) groups is 1. The molecule has 6 nitrogen and oxygen atoms in total. The number of rotatable bonds is 4. The predicted molar refractivity (Wildman–Crippen MR) is 78.2 cm³/mol. The number of phenolic OH excluding ortho intramolecular Hbond substituents is 1. The van der Waals surface area contributed by atoms with E-state index >= 15 is 0 Å². The van der Waals surface area contributed by atoms with Gasteiger partial charge in [-0.3, -0.25) is 4.90 Å². The molecular formula is C15H21N3O3. The first-order valence-electron chi connectivity index (χ1n) is 7.30. The highest BCUT2D eigenvalue weighted by Crippen LogP contribution is 2.30. The van der Waals surface area contributed by atoms with E-state index in [-0.39, 0.29) is 11.8 Å². The number of amides is 2. The van der Waals surface area contributed by atoms with E-state index in [9.17, 15) is 9.90 Å². The van der Waals surface area contributed by atoms with Crippen LogP contribution in [0.5, 0.6) is 11.5 Å². The molecule has 1 aromatic carbocycles. The van der Waals surface area contributed by atoms with Gasteiger partial charge in [0.15, 0.2) is 0 Å². The van der Waals surface area contributed by atoms with Gasteiger partial charge in [0.2, 0.25) is 0 Å². The summed E-state index contributed by atoms with van der Waals surface area (Å²) in [5, 5.41) is 9.21. The molecule has 0 saturated carbocycles. The van der Waals surface area contributed by atoms with E-state index in [2.05, 4.69) is 4.90 Å². The van der Waals surface area contributed by atoms with Crippen molar-refractivity contribution < 1.29 is 14.6 Å². The number of fused-ring (bicyclic) bond motifs is 1. The van der Waals surface area contributed by atoms with Gasteiger partial charge < -0.3 is 20.5 Å². The zero-order chi connectivity index (χ0) is 14.8. The third-order valence-electron chi connectivity index (χ3n) is 4.39. The number of benzene rings is 1. The van der Waals surface area contributed by atoms with Crippen molar-refractivity contribution in [3.05, 3.63) is 24.3 Å². The minimum absolute atomic E-state index is 0.244. The molecule has 6 heteroatoms. The van der Waals surface area contributed by atoms with Crippen LogP contribution < -0.4 is 10.5 Å². The Morgan fingerprint density at radius 2 is 1.81 bits per heavy atom. The highest BCUT2D eigenvalue weighted by atomic mass is 16.5. The quantitative estimate of drug-likeness (QED) is 0.856. The average molecular weight is 291 g/mol. The number of hydrogen-bond acceptors (Lipinski definition) is 4. The second kappa shape index (κ2) is 5.81. The number of carbonyl (C=O) groups excluding carboxylic acids is 1. The van der Waals surface area contributed by atoms with E-state index in [1.54, 1.807) is 29.2 Å². The van der Waals surface area contributed by atoms with Crippen LogP contribution in [0.4, 0.5) is 4.79 Å². The number of primary amides is 1. The van der Waals surface area contributed by atoms with Crippen LogP contribution in [0.1, 0.15) is 0 Å². The largest absolute Gasteiger partial charge is 0.508 e. The number of nitrogens with two attached hydrogens (primary N) is 1. The van der Waals surface area contributed by atoms with E-state index in [4.69, 9.17) is 10.5 Å². The second-order valence-electron chi connectivity index (χ2n) is 5.87. The lowest BCUT2D eigenvalue weighted by atomic mass is 10.0. The van der Waals surface area contributed by atoms with Gasteiger partial charge in [-0.2, -0.15) is 0 Å². The number of hydrogen-bond donors (Lipinski definition) is 2. The Morgan fingerprint density at radius 1 is 1.19 bits per heavy atom. The van der Waals surface area contributed by atoms with Gasteiger partial charge in [0.05, 0.1) is 0 Å². The molecule has 2 aliphatic heterocycles. The van der Waals surface area contributed by atoms with Crippen LogP contribution >= 0.6 is 0 Å². The van der Waals surface area contributed by atoms with Crippen molar-refractivity contribution in [2.45, 2.75) is 0 Å². The van der Waals surface area contributed by atoms with E-state index in [0.717, 1.165) is 38.5 Å². The molecule has 2 unspecified atom stereocenters. The van der Waals surface area contributed by atoms with Crippen LogP contribution in [-0.4, -0.2) is 60.3 Å². The number of ether oxygens (including phenoxy) is 1. The molecule has 114 valence electrons. The third-order valence-corrected chi connectivity index (χ3v) is 4.39. The molecule has 3 N–H and O–H groups in total. The van der Waals surface area contributed by atoms with Gasteiger partial charge in [-0.15, -0.1) is 0 Å². The van der Waals surface area contributed by atoms with Crippen molar-refractivity contribution >= 4 is 6.03 Å². The minimum Gasteiger partial charge on any atom is -0.508 e. The minimum atomic E-state index is -0.299. The molecule has 0 aliphatic carbocycles. The van der Waals surface area contributed by atoms with Crippen LogP contribution in [0.25, 0.3) is 0 Å². The van der Waals surface area contributed by atoms with Gasteiger partial charge in [0.1, 0.15) is 18.1 Å². The topological polar surface area (TPSA) is 79.0 Å². The van der Waals surface area contributed by atoms with Crippen LogP contribution in [-0.2, 0) is 0 Å². The average Bonchev–Trinajstić information content (AvgIpc) is 2.99. The van der Waals surface area contributed by atoms with E-state index < -0.39 is 0 Å². The normalized spacial score (nSPS) is 25.0. The Labute approximate surface area is 124 Å². The predicted octanol–water partition coefficient (Wildman–Crippen LogP) is 0.713. The Bertz CT molecular complexity index is 491. The maximum Gasteiger partial charge on any atom is 0.314 e. The summed E-state index contributed by atoms with van der Waals surface area (Å²) in [6, 6.07) is 6.46. The highest BCUT2D eigenvalue weighted by molar-refractivity contribution is 5.72. The first-order valence-corrected chi connectivity index (χ1v) is 7.30. The van der Waals surface area contributed by atoms with Gasteiger partial charge in [-0.25, -0.2) is 4.79 Å². The van der Waals surface area contributed by atoms with Crippen molar-refractivity contribution in [3.63, 3.8) is 0 Å². The van der Waals surface area contributed by atoms with Crippen LogP contribution in [0.15, 0.2) is 24.3 Å². The lowest BCUT2D eigenvalue weighted by Crippen LogP contribution is -2.37. The summed E-state index contributed by atoms with van der Waals surface area (Å²) in [5.41, 5.74) is 5.33. The highest BCUT2D eigenvalue weighted by Gasteiger charge is 2.40. The lowest BCUT2D eigenvalue weighted by Gasteiger charge is -2.20. The first kappa shape index (κ1) is 14.0. The SMILES string of the molecule is NC(=O)N1CC2CN(CCOc3ccc(O)cc3)CC2C1. The first-order chi connectivity index (χ1) is 10.1. The van der Waals surface area contributed by atoms with E-state index in [0.29, 0.717) is 18.4 Å². The summed E-state index contributed by atoms with van der Waals surface area (Å²) < 4.78 is 5.67. The zero-order valence-electron chi connectivity index (χ0n) is 11.9. The summed E-state index contributed by atoms with van der Waals surface area (Å²) in [6.45, 7) is 5.10. The maximum atomic E-state index is 11.2. The molecule has 2 aliphatic rings. The van der Waals surface area contributed by atoms with Crippen molar-refractivity contribution in [1.29, 1.82) is 0 Å². The smallest absolute Gasteiger partial charge is 0.314 e. The van der Waals surface area contributed by atoms with Crippen molar-refractivity contribution in [2.75, 3.05) is 39.3 Å². The Hall–Kier alpha value is -1.95. The second-order valence-corrected chi connectivity index (χ2v) is 5.87. The Morgan fingerprint density at radius 3 is 2.38 bits per heavy atom. The molecule has 21 heavy (non-hydrogen) atoms. The zero-order valence-corrected chi connectivity index (χ0v) is 11.9. The summed E-state index contributed by atoms with van der Waals surface area (Å²) >= 11 is 0. The molecule has 0 radical (unpaired) electrons. The number of nitrogens with zero attached hydrogens (tertiary/aromatic N) is 2. The fraction of sp³-hybridized carbons (Fsp3) is 0.533. The van der Waals surface area contributed by atoms with Gasteiger partial charge in [0.25, 0.3) is 0 Å². The Kier molecular flexibility index (Phi) is 3.88. The van der Waals surface area contributed by atoms with Gasteiger partial charge >= 0.3 is 6.03 Å². The van der Waals surface area contributed by atoms with Crippen LogP contribution in [0.2, 0.25) is 0 Å². The van der Waals surface area contributed by atoms with Crippen molar-refractivity contribution in [2.24, 2.45) is 17.6 Å². The van der Waals surface area contributed by atoms with E-state index in [1.165, 1.54) is 0 Å². The van der Waals surface area contributed by atoms with Gasteiger partial charge in [-0.05, 0) is 36.1 Å². The summed E-state index contributed by atoms with van der Waals surface area (Å²) in [6.07, 6.45) is 0. The molecule has 0 bridgehead atoms. The molecule has 1 aromatic rings. The number of aromatic hydroxyl groups is 1. The molecule has 2 atom stereocenters. The standard InChI is InChI=1S/C15H21N3O3/c16-15(20)18-9-11-7-17(8-12(11)10-18)5-6-21-14-3-1-13(19)2-4-14/h1-4,11-12,19H,5-10H2,(H2,16,20). The molecular weight excluding hydrogens is 270 g/mol. The Balaban J connectivity index is 1.41. The summed E-state index contributed by atoms with van der Waals surface area (Å²) in [7, 11) is 0. The lowest BCUT2D eigenvalue weighted by molar-refractivity contribution is 0.200. The molecule has 2 fully saturated rings. The fourth-order valence-electron chi connectivity index (χ4n) is 3.29.